The Morgan fingerprint density at radius 3 is 1.43 bits per heavy atom. The summed E-state index contributed by atoms with van der Waals surface area (Å²) < 4.78 is 0. The lowest BCUT2D eigenvalue weighted by Crippen LogP contribution is -2.43. The molecule has 2 N–H and O–H groups in total. The predicted octanol–water partition coefficient (Wildman–Crippen LogP) is 7.71. The molecule has 208 valence electrons. The lowest BCUT2D eigenvalue weighted by atomic mass is 9.90. The Hall–Kier alpha value is -4.40. The van der Waals surface area contributed by atoms with Crippen molar-refractivity contribution < 1.29 is 9.59 Å². The molecule has 0 unspecified atom stereocenters. The quantitative estimate of drug-likeness (QED) is 0.209. The van der Waals surface area contributed by atoms with Crippen molar-refractivity contribution in [3.63, 3.8) is 0 Å². The number of fused-ring (bicyclic) bond motifs is 2. The van der Waals surface area contributed by atoms with Crippen LogP contribution < -0.4 is 10.6 Å². The molecule has 0 radical (unpaired) electrons. The molecule has 0 bridgehead atoms. The highest BCUT2D eigenvalue weighted by molar-refractivity contribution is 7.13. The fourth-order valence-corrected chi connectivity index (χ4v) is 7.11. The molecule has 1 saturated carbocycles. The summed E-state index contributed by atoms with van der Waals surface area (Å²) in [5.41, 5.74) is 4.53. The lowest BCUT2D eigenvalue weighted by molar-refractivity contribution is 0.0893. The molecule has 4 heterocycles. The lowest BCUT2D eigenvalue weighted by Gasteiger charge is -2.30. The van der Waals surface area contributed by atoms with Crippen molar-refractivity contribution in [3.8, 4) is 21.1 Å². The molecule has 0 spiro atoms. The summed E-state index contributed by atoms with van der Waals surface area (Å²) in [5, 5.41) is 12.3. The van der Waals surface area contributed by atoms with E-state index in [9.17, 15) is 9.59 Å². The first kappa shape index (κ1) is 26.5. The van der Waals surface area contributed by atoms with E-state index < -0.39 is 0 Å². The Morgan fingerprint density at radius 2 is 1.02 bits per heavy atom. The Balaban J connectivity index is 1.04. The van der Waals surface area contributed by atoms with Crippen molar-refractivity contribution in [1.82, 2.24) is 20.6 Å². The summed E-state index contributed by atoms with van der Waals surface area (Å²) >= 11 is 3.23. The van der Waals surface area contributed by atoms with Crippen molar-refractivity contribution in [2.75, 3.05) is 0 Å². The van der Waals surface area contributed by atoms with Gasteiger partial charge in [0.25, 0.3) is 11.8 Å². The summed E-state index contributed by atoms with van der Waals surface area (Å²) in [6, 6.07) is 27.5. The molecule has 7 rings (SSSR count). The molecular formula is C34H28N4O2S2. The topological polar surface area (TPSA) is 84.0 Å². The first-order chi connectivity index (χ1) is 20.6. The molecule has 2 aromatic carbocycles. The van der Waals surface area contributed by atoms with E-state index in [1.165, 1.54) is 0 Å². The molecule has 0 saturated heterocycles. The first-order valence-electron chi connectivity index (χ1n) is 14.1. The average molecular weight is 589 g/mol. The third-order valence-electron chi connectivity index (χ3n) is 7.87. The number of para-hydroxylation sites is 2. The zero-order chi connectivity index (χ0) is 28.5. The van der Waals surface area contributed by atoms with Gasteiger partial charge in [0, 0.05) is 22.9 Å². The monoisotopic (exact) mass is 588 g/mol. The number of nitrogens with one attached hydrogen (secondary N) is 2. The van der Waals surface area contributed by atoms with Gasteiger partial charge >= 0.3 is 0 Å². The number of rotatable bonds is 6. The maximum absolute atomic E-state index is 13.5. The molecule has 6 nitrogen and oxygen atoms in total. The van der Waals surface area contributed by atoms with Crippen LogP contribution in [0.5, 0.6) is 0 Å². The van der Waals surface area contributed by atoms with Crippen LogP contribution in [-0.4, -0.2) is 33.9 Å². The van der Waals surface area contributed by atoms with Gasteiger partial charge in [-0.05, 0) is 72.8 Å². The fourth-order valence-electron chi connectivity index (χ4n) is 5.74. The third-order valence-corrected chi connectivity index (χ3v) is 9.65. The minimum Gasteiger partial charge on any atom is -0.349 e. The predicted molar refractivity (Wildman–Crippen MR) is 171 cm³/mol. The number of hydrogen-bond donors (Lipinski definition) is 2. The Labute approximate surface area is 251 Å². The van der Waals surface area contributed by atoms with Gasteiger partial charge in [0.2, 0.25) is 0 Å². The van der Waals surface area contributed by atoms with Gasteiger partial charge in [-0.2, -0.15) is 0 Å². The molecule has 8 heteroatoms. The van der Waals surface area contributed by atoms with Gasteiger partial charge in [-0.3, -0.25) is 9.59 Å². The van der Waals surface area contributed by atoms with Crippen LogP contribution in [-0.2, 0) is 0 Å². The fraction of sp³-hybridized carbons (Fsp3) is 0.176. The van der Waals surface area contributed by atoms with Gasteiger partial charge < -0.3 is 10.6 Å². The molecule has 1 aliphatic rings. The highest BCUT2D eigenvalue weighted by atomic mass is 32.1. The minimum atomic E-state index is -0.0803. The van der Waals surface area contributed by atoms with E-state index >= 15 is 0 Å². The zero-order valence-corrected chi connectivity index (χ0v) is 24.4. The van der Waals surface area contributed by atoms with Crippen LogP contribution in [0, 0.1) is 0 Å². The molecule has 42 heavy (non-hydrogen) atoms. The molecule has 6 aromatic rings. The van der Waals surface area contributed by atoms with Crippen LogP contribution in [0.3, 0.4) is 0 Å². The summed E-state index contributed by atoms with van der Waals surface area (Å²) in [6.45, 7) is 0. The number of benzene rings is 2. The standard InChI is InChI=1S/C34H28N4O2S2/c39-33(25-19-29(31-11-5-17-41-31)37-27-9-3-1-7-23(25)27)35-21-13-15-22(16-14-21)36-34(40)26-20-30(32-12-6-18-42-32)38-28-10-4-2-8-24(26)28/h1-12,17-22H,13-16H2,(H,35,39)(H,36,40). The maximum atomic E-state index is 13.5. The van der Waals surface area contributed by atoms with Crippen molar-refractivity contribution >= 4 is 56.3 Å². The number of carbonyl (C=O) groups is 2. The summed E-state index contributed by atoms with van der Waals surface area (Å²) in [4.78, 5) is 38.7. The van der Waals surface area contributed by atoms with E-state index in [1.807, 2.05) is 95.7 Å². The van der Waals surface area contributed by atoms with Crippen LogP contribution in [0.15, 0.2) is 95.7 Å². The number of thiophene rings is 2. The van der Waals surface area contributed by atoms with E-state index in [4.69, 9.17) is 9.97 Å². The Bertz CT molecular complexity index is 1750. The van der Waals surface area contributed by atoms with Gasteiger partial charge in [-0.15, -0.1) is 22.7 Å². The van der Waals surface area contributed by atoms with E-state index in [0.29, 0.717) is 11.1 Å². The summed E-state index contributed by atoms with van der Waals surface area (Å²) in [6.07, 6.45) is 3.20. The van der Waals surface area contributed by atoms with E-state index in [2.05, 4.69) is 10.6 Å². The molecular weight excluding hydrogens is 561 g/mol. The molecule has 0 aliphatic heterocycles. The minimum absolute atomic E-state index is 0.0509. The third kappa shape index (κ3) is 5.31. The van der Waals surface area contributed by atoms with Crippen molar-refractivity contribution in [1.29, 1.82) is 0 Å². The molecule has 2 amide bonds. The summed E-state index contributed by atoms with van der Waals surface area (Å²) in [7, 11) is 0. The van der Waals surface area contributed by atoms with Crippen molar-refractivity contribution in [2.45, 2.75) is 37.8 Å². The summed E-state index contributed by atoms with van der Waals surface area (Å²) in [5.74, 6) is -0.161. The Kier molecular flexibility index (Phi) is 7.23. The number of hydrogen-bond acceptors (Lipinski definition) is 6. The van der Waals surface area contributed by atoms with E-state index in [0.717, 1.165) is 68.6 Å². The zero-order valence-electron chi connectivity index (χ0n) is 22.7. The first-order valence-corrected chi connectivity index (χ1v) is 15.9. The normalized spacial score (nSPS) is 16.9. The van der Waals surface area contributed by atoms with Gasteiger partial charge in [0.1, 0.15) is 0 Å². The average Bonchev–Trinajstić information content (AvgIpc) is 3.76. The number of pyridine rings is 2. The Morgan fingerprint density at radius 1 is 0.595 bits per heavy atom. The van der Waals surface area contributed by atoms with Crippen LogP contribution >= 0.6 is 22.7 Å². The molecule has 1 aliphatic carbocycles. The second-order valence-corrected chi connectivity index (χ2v) is 12.5. The van der Waals surface area contributed by atoms with Crippen LogP contribution in [0.1, 0.15) is 46.4 Å². The second kappa shape index (κ2) is 11.5. The maximum Gasteiger partial charge on any atom is 0.252 e. The van der Waals surface area contributed by atoms with Crippen LogP contribution in [0.25, 0.3) is 42.9 Å². The van der Waals surface area contributed by atoms with Crippen molar-refractivity contribution in [3.05, 3.63) is 107 Å². The smallest absolute Gasteiger partial charge is 0.252 e. The highest BCUT2D eigenvalue weighted by Crippen LogP contribution is 2.30. The van der Waals surface area contributed by atoms with Gasteiger partial charge in [-0.25, -0.2) is 9.97 Å². The largest absolute Gasteiger partial charge is 0.349 e. The van der Waals surface area contributed by atoms with E-state index in [1.54, 1.807) is 22.7 Å². The number of carbonyl (C=O) groups excluding carboxylic acids is 2. The van der Waals surface area contributed by atoms with Crippen LogP contribution in [0.4, 0.5) is 0 Å². The second-order valence-electron chi connectivity index (χ2n) is 10.6. The highest BCUT2D eigenvalue weighted by Gasteiger charge is 2.26. The number of nitrogens with zero attached hydrogens (tertiary/aromatic N) is 2. The van der Waals surface area contributed by atoms with Gasteiger partial charge in [0.15, 0.2) is 0 Å². The van der Waals surface area contributed by atoms with Crippen molar-refractivity contribution in [2.24, 2.45) is 0 Å². The molecule has 4 aromatic heterocycles. The van der Waals surface area contributed by atoms with Gasteiger partial charge in [-0.1, -0.05) is 48.5 Å². The van der Waals surface area contributed by atoms with Crippen LogP contribution in [0.2, 0.25) is 0 Å². The van der Waals surface area contributed by atoms with Gasteiger partial charge in [0.05, 0.1) is 43.3 Å². The number of aromatic nitrogens is 2. The molecule has 1 fully saturated rings. The number of amides is 2. The SMILES string of the molecule is O=C(NC1CCC(NC(=O)c2cc(-c3cccs3)nc3ccccc23)CC1)c1cc(-c2cccs2)nc2ccccc12. The molecule has 0 atom stereocenters. The van der Waals surface area contributed by atoms with E-state index in [-0.39, 0.29) is 23.9 Å².